The Bertz CT molecular complexity index is 134. The molecule has 9 heteroatoms. The Hall–Kier alpha value is 0.702. The SMILES string of the molecule is O=[P+]([O-])OP(=O)(O)O.[Al]. The molecule has 0 fully saturated rings. The van der Waals surface area contributed by atoms with Crippen molar-refractivity contribution in [2.75, 3.05) is 0 Å². The number of hydrogen-bond donors (Lipinski definition) is 2. The Kier molecular flexibility index (Phi) is 6.20. The first kappa shape index (κ1) is 12.4. The third kappa shape index (κ3) is 12.0. The van der Waals surface area contributed by atoms with Crippen molar-refractivity contribution >= 4 is 33.4 Å². The van der Waals surface area contributed by atoms with E-state index in [9.17, 15) is 14.0 Å². The van der Waals surface area contributed by atoms with Crippen molar-refractivity contribution in [1.29, 1.82) is 0 Å². The molecular formula is H2AlO6P2. The van der Waals surface area contributed by atoms with Crippen molar-refractivity contribution in [2.24, 2.45) is 0 Å². The van der Waals surface area contributed by atoms with Crippen molar-refractivity contribution in [3.05, 3.63) is 0 Å². The van der Waals surface area contributed by atoms with Gasteiger partial charge in [0.15, 0.2) is 0 Å². The number of phosphoric acid groups is 1. The molecule has 0 saturated carbocycles. The van der Waals surface area contributed by atoms with Crippen LogP contribution in [0.1, 0.15) is 0 Å². The van der Waals surface area contributed by atoms with Gasteiger partial charge < -0.3 is 14.7 Å². The maximum absolute atomic E-state index is 9.53. The molecule has 0 bridgehead atoms. The summed E-state index contributed by atoms with van der Waals surface area (Å²) in [6.07, 6.45) is 0. The van der Waals surface area contributed by atoms with E-state index in [4.69, 9.17) is 9.79 Å². The molecule has 0 spiro atoms. The van der Waals surface area contributed by atoms with E-state index in [1.54, 1.807) is 0 Å². The van der Waals surface area contributed by atoms with E-state index in [-0.39, 0.29) is 17.4 Å². The van der Waals surface area contributed by atoms with E-state index in [0.717, 1.165) is 0 Å². The lowest BCUT2D eigenvalue weighted by molar-refractivity contribution is -0.179. The number of rotatable bonds is 2. The van der Waals surface area contributed by atoms with Gasteiger partial charge in [0.2, 0.25) is 0 Å². The Labute approximate surface area is 62.2 Å². The zero-order valence-corrected chi connectivity index (χ0v) is 6.94. The molecule has 0 aromatic carbocycles. The van der Waals surface area contributed by atoms with E-state index >= 15 is 0 Å². The zero-order chi connectivity index (χ0) is 6.78. The van der Waals surface area contributed by atoms with E-state index in [0.29, 0.717) is 0 Å². The van der Waals surface area contributed by atoms with Crippen LogP contribution in [0.25, 0.3) is 0 Å². The van der Waals surface area contributed by atoms with Gasteiger partial charge in [0.05, 0.1) is 0 Å². The third-order valence-electron chi connectivity index (χ3n) is 0.173. The molecule has 0 aliphatic rings. The monoisotopic (exact) mass is 187 g/mol. The summed E-state index contributed by atoms with van der Waals surface area (Å²) in [4.78, 5) is 24.7. The van der Waals surface area contributed by atoms with Crippen molar-refractivity contribution in [2.45, 2.75) is 0 Å². The number of hydrogen-bond acceptors (Lipinski definition) is 4. The normalized spacial score (nSPS) is 12.1. The Morgan fingerprint density at radius 2 is 1.89 bits per heavy atom. The fourth-order valence-corrected chi connectivity index (χ4v) is 0.782. The highest BCUT2D eigenvalue weighted by Crippen LogP contribution is 2.43. The topological polar surface area (TPSA) is 107 Å². The molecule has 1 atom stereocenters. The van der Waals surface area contributed by atoms with Crippen LogP contribution in [0.3, 0.4) is 0 Å². The first-order valence-electron chi connectivity index (χ1n) is 1.31. The van der Waals surface area contributed by atoms with Gasteiger partial charge in [-0.25, -0.2) is 4.57 Å². The van der Waals surface area contributed by atoms with Crippen LogP contribution < -0.4 is 4.89 Å². The minimum atomic E-state index is -4.82. The molecule has 0 amide bonds. The molecule has 0 saturated heterocycles. The van der Waals surface area contributed by atoms with Gasteiger partial charge in [0.1, 0.15) is 0 Å². The maximum atomic E-state index is 9.53. The van der Waals surface area contributed by atoms with Gasteiger partial charge >= 0.3 is 16.1 Å². The summed E-state index contributed by atoms with van der Waals surface area (Å²) in [7, 11) is -8.27. The summed E-state index contributed by atoms with van der Waals surface area (Å²) in [6.45, 7) is 0. The second-order valence-electron chi connectivity index (χ2n) is 0.796. The second kappa shape index (κ2) is 4.51. The lowest BCUT2D eigenvalue weighted by Crippen LogP contribution is -1.88. The summed E-state index contributed by atoms with van der Waals surface area (Å²) >= 11 is 0. The smallest absolute Gasteiger partial charge is 0.512 e. The lowest BCUT2D eigenvalue weighted by Gasteiger charge is -1.90. The standard InChI is InChI=1S/Al.H2O6P2/c;1-7(2)6-8(3,4)5/h;(H2,3,4,5). The van der Waals surface area contributed by atoms with Gasteiger partial charge in [-0.15, -0.1) is 0 Å². The van der Waals surface area contributed by atoms with E-state index in [2.05, 4.69) is 4.31 Å². The van der Waals surface area contributed by atoms with Crippen molar-refractivity contribution < 1.29 is 28.1 Å². The van der Waals surface area contributed by atoms with Gasteiger partial charge in [-0.2, -0.15) is 0 Å². The zero-order valence-electron chi connectivity index (χ0n) is 4.00. The summed E-state index contributed by atoms with van der Waals surface area (Å²) in [5.41, 5.74) is 0. The maximum Gasteiger partial charge on any atom is 0.512 e. The second-order valence-corrected chi connectivity index (χ2v) is 2.88. The average Bonchev–Trinajstić information content (AvgIpc) is 1.21. The molecule has 0 rings (SSSR count). The highest BCUT2D eigenvalue weighted by molar-refractivity contribution is 7.54. The van der Waals surface area contributed by atoms with Crippen LogP contribution >= 0.6 is 16.1 Å². The van der Waals surface area contributed by atoms with Crippen LogP contribution in [0.2, 0.25) is 0 Å². The average molecular weight is 187 g/mol. The molecule has 0 aliphatic heterocycles. The molecule has 3 radical (unpaired) electrons. The molecule has 6 nitrogen and oxygen atoms in total. The first-order valence-corrected chi connectivity index (χ1v) is 3.94. The predicted molar refractivity (Wildman–Crippen MR) is 26.5 cm³/mol. The van der Waals surface area contributed by atoms with Crippen LogP contribution in [-0.4, -0.2) is 27.1 Å². The molecule has 0 aromatic heterocycles. The summed E-state index contributed by atoms with van der Waals surface area (Å²) in [6, 6.07) is 0. The molecule has 2 N–H and O–H groups in total. The van der Waals surface area contributed by atoms with Crippen molar-refractivity contribution in [3.63, 3.8) is 0 Å². The molecule has 0 heterocycles. The van der Waals surface area contributed by atoms with Crippen LogP contribution in [-0.2, 0) is 13.4 Å². The molecular weight excluding hydrogens is 185 g/mol. The van der Waals surface area contributed by atoms with Crippen LogP contribution in [0, 0.1) is 0 Å². The fraction of sp³-hybridized carbons (Fsp3) is 0. The van der Waals surface area contributed by atoms with Gasteiger partial charge in [0.25, 0.3) is 0 Å². The van der Waals surface area contributed by atoms with E-state index in [1.165, 1.54) is 0 Å². The highest BCUT2D eigenvalue weighted by atomic mass is 31.2. The molecule has 51 valence electrons. The van der Waals surface area contributed by atoms with Gasteiger partial charge in [-0.1, -0.05) is 0 Å². The van der Waals surface area contributed by atoms with E-state index in [1.807, 2.05) is 0 Å². The molecule has 9 heavy (non-hydrogen) atoms. The van der Waals surface area contributed by atoms with Gasteiger partial charge in [-0.05, 0) is 8.88 Å². The third-order valence-corrected chi connectivity index (χ3v) is 1.56. The molecule has 1 unspecified atom stereocenters. The van der Waals surface area contributed by atoms with Crippen molar-refractivity contribution in [3.8, 4) is 0 Å². The Morgan fingerprint density at radius 1 is 1.56 bits per heavy atom. The van der Waals surface area contributed by atoms with Gasteiger partial charge in [0, 0.05) is 17.4 Å². The van der Waals surface area contributed by atoms with Crippen LogP contribution in [0.4, 0.5) is 0 Å². The Morgan fingerprint density at radius 3 is 1.89 bits per heavy atom. The van der Waals surface area contributed by atoms with Crippen molar-refractivity contribution in [1.82, 2.24) is 0 Å². The summed E-state index contributed by atoms with van der Waals surface area (Å²) < 4.78 is 21.9. The van der Waals surface area contributed by atoms with Crippen LogP contribution in [0.15, 0.2) is 0 Å². The Balaban J connectivity index is 0. The summed E-state index contributed by atoms with van der Waals surface area (Å²) in [5, 5.41) is 0. The largest absolute Gasteiger partial charge is 0.566 e. The quantitative estimate of drug-likeness (QED) is 0.412. The highest BCUT2D eigenvalue weighted by Gasteiger charge is 2.23. The van der Waals surface area contributed by atoms with Crippen LogP contribution in [0.5, 0.6) is 0 Å². The molecule has 0 aromatic rings. The van der Waals surface area contributed by atoms with E-state index < -0.39 is 16.1 Å². The van der Waals surface area contributed by atoms with Gasteiger partial charge in [-0.3, -0.25) is 0 Å². The minimum absolute atomic E-state index is 0. The fourth-order valence-electron chi connectivity index (χ4n) is 0.0868. The predicted octanol–water partition coefficient (Wildman–Crippen LogP) is -1.27. The summed E-state index contributed by atoms with van der Waals surface area (Å²) in [5.74, 6) is 0. The first-order chi connectivity index (χ1) is 3.42. The minimum Gasteiger partial charge on any atom is -0.566 e. The molecule has 0 aliphatic carbocycles. The lowest BCUT2D eigenvalue weighted by atomic mass is 15.7.